The van der Waals surface area contributed by atoms with Gasteiger partial charge in [-0.3, -0.25) is 19.2 Å². The Morgan fingerprint density at radius 2 is 1.67 bits per heavy atom. The highest BCUT2D eigenvalue weighted by molar-refractivity contribution is 9.11. The van der Waals surface area contributed by atoms with Gasteiger partial charge < -0.3 is 29.3 Å². The number of hydrogen-bond acceptors (Lipinski definition) is 7. The van der Waals surface area contributed by atoms with Crippen LogP contribution in [0.4, 0.5) is 0 Å². The molecule has 4 heterocycles. The number of nitrogens with zero attached hydrogens (tertiary/aromatic N) is 3. The molecule has 6 rings (SSSR count). The van der Waals surface area contributed by atoms with Crippen LogP contribution in [0.5, 0.6) is 0 Å². The molecule has 3 amide bonds. The van der Waals surface area contributed by atoms with Crippen molar-refractivity contribution in [2.75, 3.05) is 26.7 Å². The molecule has 4 aliphatic heterocycles. The lowest BCUT2D eigenvalue weighted by atomic mass is 9.74. The predicted molar refractivity (Wildman–Crippen MR) is 187 cm³/mol. The third kappa shape index (κ3) is 6.87. The molecule has 0 unspecified atom stereocenters. The summed E-state index contributed by atoms with van der Waals surface area (Å²) in [7, 11) is 1.73. The van der Waals surface area contributed by atoms with Gasteiger partial charge >= 0.3 is 5.97 Å². The zero-order chi connectivity index (χ0) is 34.7. The van der Waals surface area contributed by atoms with E-state index in [2.05, 4.69) is 15.9 Å². The van der Waals surface area contributed by atoms with Gasteiger partial charge in [-0.15, -0.1) is 0 Å². The molecule has 49 heavy (non-hydrogen) atoms. The minimum atomic E-state index is -1.32. The number of rotatable bonds is 8. The molecular formula is C38H50BrN3O7. The summed E-state index contributed by atoms with van der Waals surface area (Å²) in [6.45, 7) is 2.71. The van der Waals surface area contributed by atoms with Gasteiger partial charge in [-0.05, 0) is 50.7 Å². The van der Waals surface area contributed by atoms with Crippen molar-refractivity contribution in [2.45, 2.75) is 113 Å². The third-order valence-electron chi connectivity index (χ3n) is 11.3. The molecule has 1 aromatic rings. The van der Waals surface area contributed by atoms with Crippen LogP contribution in [0.25, 0.3) is 0 Å². The Kier molecular flexibility index (Phi) is 11.3. The average Bonchev–Trinajstić information content (AvgIpc) is 3.71. The van der Waals surface area contributed by atoms with Gasteiger partial charge in [0.1, 0.15) is 29.8 Å². The number of aliphatic hydroxyl groups is 1. The summed E-state index contributed by atoms with van der Waals surface area (Å²) in [5.74, 6) is -2.98. The fourth-order valence-corrected chi connectivity index (χ4v) is 9.37. The number of likely N-dealkylation sites (tertiary alicyclic amines) is 1. The normalized spacial score (nSPS) is 33.6. The molecule has 11 heteroatoms. The number of likely N-dealkylation sites (N-methyl/N-ethyl adjacent to an activating group) is 1. The lowest BCUT2D eigenvalue weighted by molar-refractivity contribution is -0.164. The number of fused-ring (bicyclic) bond motifs is 2. The number of carbonyl (C=O) groups is 4. The van der Waals surface area contributed by atoms with Crippen LogP contribution >= 0.6 is 15.9 Å². The van der Waals surface area contributed by atoms with E-state index in [-0.39, 0.29) is 36.8 Å². The first-order valence-corrected chi connectivity index (χ1v) is 18.9. The van der Waals surface area contributed by atoms with Gasteiger partial charge in [0.05, 0.1) is 12.0 Å². The molecule has 5 bridgehead atoms. The van der Waals surface area contributed by atoms with E-state index in [1.807, 2.05) is 60.4 Å². The Morgan fingerprint density at radius 1 is 0.939 bits per heavy atom. The predicted octanol–water partition coefficient (Wildman–Crippen LogP) is 5.06. The van der Waals surface area contributed by atoms with Gasteiger partial charge in [-0.1, -0.05) is 90.5 Å². The van der Waals surface area contributed by atoms with Crippen LogP contribution in [0.15, 0.2) is 53.0 Å². The van der Waals surface area contributed by atoms with E-state index in [9.17, 15) is 19.5 Å². The first kappa shape index (κ1) is 35.8. The van der Waals surface area contributed by atoms with Crippen molar-refractivity contribution in [1.82, 2.24) is 14.7 Å². The Labute approximate surface area is 298 Å². The second kappa shape index (κ2) is 15.5. The van der Waals surface area contributed by atoms with Crippen molar-refractivity contribution < 1.29 is 33.8 Å². The molecule has 10 nitrogen and oxygen atoms in total. The average molecular weight is 741 g/mol. The number of benzene rings is 1. The van der Waals surface area contributed by atoms with Gasteiger partial charge in [-0.2, -0.15) is 0 Å². The second-order valence-electron chi connectivity index (χ2n) is 14.3. The number of allylic oxidation sites excluding steroid dienone is 1. The zero-order valence-corrected chi connectivity index (χ0v) is 30.3. The molecule has 1 aromatic carbocycles. The van der Waals surface area contributed by atoms with Crippen molar-refractivity contribution in [3.05, 3.63) is 58.6 Å². The summed E-state index contributed by atoms with van der Waals surface area (Å²) >= 11 is 3.67. The molecule has 2 saturated heterocycles. The Bertz CT molecular complexity index is 1450. The van der Waals surface area contributed by atoms with E-state index in [0.29, 0.717) is 36.8 Å². The van der Waals surface area contributed by atoms with Crippen LogP contribution in [0.1, 0.15) is 89.2 Å². The molecule has 3 fully saturated rings. The van der Waals surface area contributed by atoms with Gasteiger partial charge in [0.15, 0.2) is 0 Å². The maximum absolute atomic E-state index is 15.0. The third-order valence-corrected chi connectivity index (χ3v) is 12.0. The van der Waals surface area contributed by atoms with Gasteiger partial charge in [0, 0.05) is 43.7 Å². The zero-order valence-electron chi connectivity index (χ0n) is 28.7. The summed E-state index contributed by atoms with van der Waals surface area (Å²) < 4.78 is 13.7. The van der Waals surface area contributed by atoms with Gasteiger partial charge in [0.25, 0.3) is 0 Å². The minimum Gasteiger partial charge on any atom is -0.455 e. The molecule has 1 spiro atoms. The van der Waals surface area contributed by atoms with E-state index < -0.39 is 47.7 Å². The van der Waals surface area contributed by atoms with E-state index >= 15 is 4.79 Å². The Hall–Kier alpha value is -3.02. The Balaban J connectivity index is 1.42. The number of ether oxygens (including phenoxy) is 2. The molecule has 0 radical (unpaired) electrons. The minimum absolute atomic E-state index is 0.0250. The van der Waals surface area contributed by atoms with Crippen LogP contribution in [-0.2, 0) is 28.7 Å². The highest BCUT2D eigenvalue weighted by atomic mass is 79.9. The summed E-state index contributed by atoms with van der Waals surface area (Å²) in [6, 6.07) is 7.98. The standard InChI is InChI=1S/C38H50BrN3O7/c1-25-32(26-16-8-5-9-17-26)48-37(47)30-31-35(45)42(22-13-3-4-15-23-43)34(38(31)24-28(39)33(30)49-38)36(46)41(27-18-10-6-11-19-27)21-14-7-12-20-29(44)40(25)2/h5,7-9,14,16-17,24-25,27,30-34,43H,3-4,6,10-13,15,18-23H2,1-2H3/b14-7-/t25-,30+,31-,32+,33+,34+,38-/m0/s1. The first-order valence-electron chi connectivity index (χ1n) is 18.1. The highest BCUT2D eigenvalue weighted by Crippen LogP contribution is 2.59. The largest absolute Gasteiger partial charge is 0.455 e. The lowest BCUT2D eigenvalue weighted by Gasteiger charge is -2.40. The van der Waals surface area contributed by atoms with E-state index in [4.69, 9.17) is 9.47 Å². The quantitative estimate of drug-likeness (QED) is 0.225. The SMILES string of the molecule is C[C@H]1[C@H](c2ccccc2)OC(=O)[C@H]2[C@@H]3O[C@@]4(C=C3Br)[C@@H]2C(=O)N(CCCCCCO)[C@@H]4C(=O)N(C2CCCCC2)C/C=C\CCC(=O)N1C. The maximum atomic E-state index is 15.0. The van der Waals surface area contributed by atoms with Gasteiger partial charge in [-0.25, -0.2) is 0 Å². The summed E-state index contributed by atoms with van der Waals surface area (Å²) in [5.41, 5.74) is -0.579. The van der Waals surface area contributed by atoms with E-state index in [1.165, 1.54) is 0 Å². The molecule has 1 N–H and O–H groups in total. The Morgan fingerprint density at radius 3 is 2.41 bits per heavy atom. The van der Waals surface area contributed by atoms with Crippen molar-refractivity contribution in [3.63, 3.8) is 0 Å². The fraction of sp³-hybridized carbons (Fsp3) is 0.632. The van der Waals surface area contributed by atoms with Crippen LogP contribution in [0.2, 0.25) is 0 Å². The lowest BCUT2D eigenvalue weighted by Crippen LogP contribution is -2.58. The smallest absolute Gasteiger partial charge is 0.313 e. The summed E-state index contributed by atoms with van der Waals surface area (Å²) in [5, 5.41) is 9.30. The number of carbonyl (C=O) groups excluding carboxylic acids is 4. The monoisotopic (exact) mass is 739 g/mol. The fourth-order valence-electron chi connectivity index (χ4n) is 8.63. The number of amides is 3. The van der Waals surface area contributed by atoms with Crippen LogP contribution in [0, 0.1) is 11.8 Å². The van der Waals surface area contributed by atoms with Crippen molar-refractivity contribution in [2.24, 2.45) is 11.8 Å². The number of aliphatic hydroxyl groups excluding tert-OH is 1. The van der Waals surface area contributed by atoms with Crippen molar-refractivity contribution >= 4 is 39.6 Å². The van der Waals surface area contributed by atoms with Crippen LogP contribution in [-0.4, -0.2) is 100 Å². The number of esters is 1. The second-order valence-corrected chi connectivity index (χ2v) is 15.2. The molecule has 5 aliphatic rings. The number of hydrogen-bond donors (Lipinski definition) is 1. The first-order chi connectivity index (χ1) is 23.7. The number of cyclic esters (lactones) is 1. The molecule has 1 saturated carbocycles. The molecule has 1 aliphatic carbocycles. The topological polar surface area (TPSA) is 117 Å². The van der Waals surface area contributed by atoms with Crippen LogP contribution in [0.3, 0.4) is 0 Å². The van der Waals surface area contributed by atoms with Crippen molar-refractivity contribution in [1.29, 1.82) is 0 Å². The van der Waals surface area contributed by atoms with Crippen LogP contribution < -0.4 is 0 Å². The number of halogens is 1. The van der Waals surface area contributed by atoms with E-state index in [1.54, 1.807) is 16.8 Å². The number of unbranched alkanes of at least 4 members (excludes halogenated alkanes) is 3. The highest BCUT2D eigenvalue weighted by Gasteiger charge is 2.75. The van der Waals surface area contributed by atoms with Crippen molar-refractivity contribution in [3.8, 4) is 0 Å². The molecule has 266 valence electrons. The maximum Gasteiger partial charge on any atom is 0.313 e. The van der Waals surface area contributed by atoms with Gasteiger partial charge in [0.2, 0.25) is 17.7 Å². The molecular weight excluding hydrogens is 690 g/mol. The summed E-state index contributed by atoms with van der Waals surface area (Å²) in [6.07, 6.45) is 13.0. The molecule has 7 atom stereocenters. The van der Waals surface area contributed by atoms with E-state index in [0.717, 1.165) is 50.5 Å². The summed E-state index contributed by atoms with van der Waals surface area (Å²) in [4.78, 5) is 62.8. The molecule has 0 aromatic heterocycles.